The predicted molar refractivity (Wildman–Crippen MR) is 60.1 cm³/mol. The summed E-state index contributed by atoms with van der Waals surface area (Å²) in [5, 5.41) is 2.81. The highest BCUT2D eigenvalue weighted by molar-refractivity contribution is 5.82. The molecule has 0 radical (unpaired) electrons. The van der Waals surface area contributed by atoms with Crippen LogP contribution < -0.4 is 11.1 Å². The third-order valence-corrected chi connectivity index (χ3v) is 2.34. The molecule has 4 nitrogen and oxygen atoms in total. The van der Waals surface area contributed by atoms with E-state index in [1.165, 1.54) is 0 Å². The first-order valence-electron chi connectivity index (χ1n) is 5.06. The molecule has 4 N–H and O–H groups in total. The highest BCUT2D eigenvalue weighted by Gasteiger charge is 2.26. The lowest BCUT2D eigenvalue weighted by Gasteiger charge is -2.25. The van der Waals surface area contributed by atoms with Crippen molar-refractivity contribution < 1.29 is 4.79 Å². The third kappa shape index (κ3) is 3.40. The second kappa shape index (κ2) is 4.49. The Morgan fingerprint density at radius 3 is 2.73 bits per heavy atom. The Bertz CT molecular complexity index is 311. The maximum Gasteiger partial charge on any atom is 0.237 e. The molecule has 0 saturated carbocycles. The van der Waals surface area contributed by atoms with Gasteiger partial charge in [-0.25, -0.2) is 0 Å². The van der Waals surface area contributed by atoms with Crippen molar-refractivity contribution in [2.75, 3.05) is 0 Å². The average Bonchev–Trinajstić information content (AvgIpc) is 2.63. The van der Waals surface area contributed by atoms with Gasteiger partial charge in [-0.1, -0.05) is 20.8 Å². The minimum absolute atomic E-state index is 0.108. The fourth-order valence-corrected chi connectivity index (χ4v) is 1.16. The number of hydrogen-bond acceptors (Lipinski definition) is 2. The Hall–Kier alpha value is -1.29. The second-order valence-electron chi connectivity index (χ2n) is 4.78. The number of nitrogens with two attached hydrogens (primary N) is 1. The SMILES string of the molecule is CC(C)(C)[C@H](N)C(=O)NCc1cc[nH]c1. The number of aromatic amines is 1. The lowest BCUT2D eigenvalue weighted by molar-refractivity contribution is -0.124. The van der Waals surface area contributed by atoms with Crippen LogP contribution in [0.25, 0.3) is 0 Å². The molecular weight excluding hydrogens is 190 g/mol. The number of nitrogens with one attached hydrogen (secondary N) is 2. The summed E-state index contributed by atoms with van der Waals surface area (Å²) < 4.78 is 0. The van der Waals surface area contributed by atoms with Crippen LogP contribution in [0.5, 0.6) is 0 Å². The van der Waals surface area contributed by atoms with Gasteiger partial charge in [-0.15, -0.1) is 0 Å². The van der Waals surface area contributed by atoms with Gasteiger partial charge in [0.1, 0.15) is 0 Å². The van der Waals surface area contributed by atoms with E-state index in [0.717, 1.165) is 5.56 Å². The Labute approximate surface area is 90.2 Å². The van der Waals surface area contributed by atoms with Crippen LogP contribution in [0.15, 0.2) is 18.5 Å². The molecule has 1 aromatic rings. The second-order valence-corrected chi connectivity index (χ2v) is 4.78. The molecule has 1 atom stereocenters. The fraction of sp³-hybridized carbons (Fsp3) is 0.545. The molecular formula is C11H19N3O. The molecule has 1 heterocycles. The maximum atomic E-state index is 11.6. The molecule has 1 amide bonds. The summed E-state index contributed by atoms with van der Waals surface area (Å²) >= 11 is 0. The van der Waals surface area contributed by atoms with Crippen LogP contribution in [0.2, 0.25) is 0 Å². The number of hydrogen-bond donors (Lipinski definition) is 3. The van der Waals surface area contributed by atoms with Gasteiger partial charge in [-0.3, -0.25) is 4.79 Å². The summed E-state index contributed by atoms with van der Waals surface area (Å²) in [5.74, 6) is -0.108. The molecule has 0 aliphatic rings. The van der Waals surface area contributed by atoms with E-state index in [2.05, 4.69) is 10.3 Å². The Morgan fingerprint density at radius 1 is 1.60 bits per heavy atom. The van der Waals surface area contributed by atoms with Gasteiger partial charge in [0.05, 0.1) is 6.04 Å². The van der Waals surface area contributed by atoms with E-state index < -0.39 is 6.04 Å². The summed E-state index contributed by atoms with van der Waals surface area (Å²) in [5.41, 5.74) is 6.65. The van der Waals surface area contributed by atoms with Crippen molar-refractivity contribution in [3.8, 4) is 0 Å². The zero-order valence-corrected chi connectivity index (χ0v) is 9.50. The van der Waals surface area contributed by atoms with E-state index in [1.807, 2.05) is 39.2 Å². The highest BCUT2D eigenvalue weighted by Crippen LogP contribution is 2.17. The average molecular weight is 209 g/mol. The van der Waals surface area contributed by atoms with Crippen LogP contribution in [0.4, 0.5) is 0 Å². The van der Waals surface area contributed by atoms with Crippen LogP contribution >= 0.6 is 0 Å². The lowest BCUT2D eigenvalue weighted by Crippen LogP contribution is -2.48. The molecule has 0 aromatic carbocycles. The predicted octanol–water partition coefficient (Wildman–Crippen LogP) is 1.00. The molecule has 15 heavy (non-hydrogen) atoms. The zero-order valence-electron chi connectivity index (χ0n) is 9.50. The van der Waals surface area contributed by atoms with Gasteiger partial charge >= 0.3 is 0 Å². The molecule has 0 fully saturated rings. The van der Waals surface area contributed by atoms with Gasteiger partial charge in [-0.2, -0.15) is 0 Å². The first kappa shape index (κ1) is 11.8. The molecule has 0 aliphatic carbocycles. The van der Waals surface area contributed by atoms with Gasteiger partial charge in [0, 0.05) is 18.9 Å². The van der Waals surface area contributed by atoms with E-state index in [4.69, 9.17) is 5.73 Å². The summed E-state index contributed by atoms with van der Waals surface area (Å²) in [7, 11) is 0. The highest BCUT2D eigenvalue weighted by atomic mass is 16.2. The van der Waals surface area contributed by atoms with E-state index in [1.54, 1.807) is 0 Å². The minimum Gasteiger partial charge on any atom is -0.367 e. The molecule has 0 spiro atoms. The summed E-state index contributed by atoms with van der Waals surface area (Å²) in [6.07, 6.45) is 3.67. The van der Waals surface area contributed by atoms with Crippen molar-refractivity contribution in [2.45, 2.75) is 33.4 Å². The van der Waals surface area contributed by atoms with Crippen LogP contribution in [-0.4, -0.2) is 16.9 Å². The molecule has 1 rings (SSSR count). The van der Waals surface area contributed by atoms with Crippen molar-refractivity contribution in [2.24, 2.45) is 11.1 Å². The molecule has 0 saturated heterocycles. The quantitative estimate of drug-likeness (QED) is 0.695. The molecule has 1 aromatic heterocycles. The van der Waals surface area contributed by atoms with Gasteiger partial charge in [-0.05, 0) is 17.0 Å². The topological polar surface area (TPSA) is 70.9 Å². The molecule has 0 unspecified atom stereocenters. The van der Waals surface area contributed by atoms with Gasteiger partial charge in [0.2, 0.25) is 5.91 Å². The Morgan fingerprint density at radius 2 is 2.27 bits per heavy atom. The van der Waals surface area contributed by atoms with Crippen LogP contribution in [0.1, 0.15) is 26.3 Å². The van der Waals surface area contributed by atoms with Crippen molar-refractivity contribution in [3.63, 3.8) is 0 Å². The van der Waals surface area contributed by atoms with Crippen molar-refractivity contribution >= 4 is 5.91 Å². The maximum absolute atomic E-state index is 11.6. The molecule has 84 valence electrons. The zero-order chi connectivity index (χ0) is 11.5. The van der Waals surface area contributed by atoms with Gasteiger partial charge in [0.25, 0.3) is 0 Å². The molecule has 0 aliphatic heterocycles. The number of carbonyl (C=O) groups is 1. The summed E-state index contributed by atoms with van der Waals surface area (Å²) in [6, 6.07) is 1.44. The number of carbonyl (C=O) groups excluding carboxylic acids is 1. The van der Waals surface area contributed by atoms with Gasteiger partial charge in [0.15, 0.2) is 0 Å². The van der Waals surface area contributed by atoms with Crippen molar-refractivity contribution in [3.05, 3.63) is 24.0 Å². The van der Waals surface area contributed by atoms with Crippen molar-refractivity contribution in [1.82, 2.24) is 10.3 Å². The first-order valence-corrected chi connectivity index (χ1v) is 5.06. The van der Waals surface area contributed by atoms with E-state index in [9.17, 15) is 4.79 Å². The van der Waals surface area contributed by atoms with Gasteiger partial charge < -0.3 is 16.0 Å². The number of H-pyrrole nitrogens is 1. The minimum atomic E-state index is -0.476. The Balaban J connectivity index is 2.43. The number of aromatic nitrogens is 1. The van der Waals surface area contributed by atoms with E-state index >= 15 is 0 Å². The van der Waals surface area contributed by atoms with E-state index in [0.29, 0.717) is 6.54 Å². The Kier molecular flexibility index (Phi) is 3.52. The van der Waals surface area contributed by atoms with E-state index in [-0.39, 0.29) is 11.3 Å². The smallest absolute Gasteiger partial charge is 0.237 e. The molecule has 0 bridgehead atoms. The lowest BCUT2D eigenvalue weighted by atomic mass is 9.87. The van der Waals surface area contributed by atoms with Crippen LogP contribution in [0.3, 0.4) is 0 Å². The fourth-order valence-electron chi connectivity index (χ4n) is 1.16. The largest absolute Gasteiger partial charge is 0.367 e. The number of rotatable bonds is 3. The van der Waals surface area contributed by atoms with Crippen molar-refractivity contribution in [1.29, 1.82) is 0 Å². The molecule has 4 heteroatoms. The standard InChI is InChI=1S/C11H19N3O/c1-11(2,3)9(12)10(15)14-7-8-4-5-13-6-8/h4-6,9,13H,7,12H2,1-3H3,(H,14,15)/t9-/m1/s1. The summed E-state index contributed by atoms with van der Waals surface area (Å²) in [4.78, 5) is 14.6. The van der Waals surface area contributed by atoms with Crippen LogP contribution in [-0.2, 0) is 11.3 Å². The first-order chi connectivity index (χ1) is 6.91. The monoisotopic (exact) mass is 209 g/mol. The van der Waals surface area contributed by atoms with Crippen LogP contribution in [0, 0.1) is 5.41 Å². The summed E-state index contributed by atoms with van der Waals surface area (Å²) in [6.45, 7) is 6.38. The normalized spacial score (nSPS) is 13.6. The third-order valence-electron chi connectivity index (χ3n) is 2.34. The number of amides is 1.